The van der Waals surface area contributed by atoms with E-state index < -0.39 is 0 Å². The molecule has 1 fully saturated rings. The van der Waals surface area contributed by atoms with Crippen molar-refractivity contribution in [3.05, 3.63) is 28.2 Å². The van der Waals surface area contributed by atoms with Gasteiger partial charge in [0.15, 0.2) is 0 Å². The second kappa shape index (κ2) is 8.18. The molecule has 24 heavy (non-hydrogen) atoms. The van der Waals surface area contributed by atoms with Crippen molar-refractivity contribution in [2.75, 3.05) is 11.1 Å². The maximum atomic E-state index is 12.2. The predicted octanol–water partition coefficient (Wildman–Crippen LogP) is 4.22. The lowest BCUT2D eigenvalue weighted by Gasteiger charge is -2.21. The van der Waals surface area contributed by atoms with Crippen molar-refractivity contribution in [1.29, 1.82) is 0 Å². The highest BCUT2D eigenvalue weighted by molar-refractivity contribution is 7.99. The number of nitrogens with zero attached hydrogens (tertiary/aromatic N) is 4. The third kappa shape index (κ3) is 4.20. The third-order valence-electron chi connectivity index (χ3n) is 3.94. The molecule has 2 aromatic rings. The van der Waals surface area contributed by atoms with Gasteiger partial charge in [-0.3, -0.25) is 4.79 Å². The van der Waals surface area contributed by atoms with Crippen LogP contribution in [-0.4, -0.2) is 31.9 Å². The van der Waals surface area contributed by atoms with Crippen molar-refractivity contribution in [2.24, 2.45) is 0 Å². The van der Waals surface area contributed by atoms with E-state index in [4.69, 9.17) is 23.2 Å². The monoisotopic (exact) mass is 385 g/mol. The fourth-order valence-corrected chi connectivity index (χ4v) is 3.99. The predicted molar refractivity (Wildman–Crippen MR) is 95.8 cm³/mol. The van der Waals surface area contributed by atoms with Gasteiger partial charge in [-0.1, -0.05) is 60.3 Å². The van der Waals surface area contributed by atoms with E-state index >= 15 is 0 Å². The number of carbonyl (C=O) groups is 1. The van der Waals surface area contributed by atoms with Crippen molar-refractivity contribution in [3.63, 3.8) is 0 Å². The minimum Gasteiger partial charge on any atom is -0.323 e. The first kappa shape index (κ1) is 17.5. The van der Waals surface area contributed by atoms with Crippen LogP contribution in [0.2, 0.25) is 10.0 Å². The molecule has 1 aromatic heterocycles. The van der Waals surface area contributed by atoms with E-state index in [9.17, 15) is 4.79 Å². The number of hydrogen-bond donors (Lipinski definition) is 1. The summed E-state index contributed by atoms with van der Waals surface area (Å²) >= 11 is 13.4. The van der Waals surface area contributed by atoms with Crippen LogP contribution in [0.25, 0.3) is 0 Å². The third-order valence-corrected chi connectivity index (χ3v) is 5.51. The van der Waals surface area contributed by atoms with Crippen LogP contribution in [0.3, 0.4) is 0 Å². The molecule has 0 spiro atoms. The average molecular weight is 386 g/mol. The van der Waals surface area contributed by atoms with Crippen LogP contribution < -0.4 is 5.32 Å². The summed E-state index contributed by atoms with van der Waals surface area (Å²) in [5, 5.41) is 16.1. The largest absolute Gasteiger partial charge is 0.323 e. The smallest absolute Gasteiger partial charge is 0.234 e. The molecule has 1 aromatic carbocycles. The van der Waals surface area contributed by atoms with Gasteiger partial charge < -0.3 is 5.32 Å². The Morgan fingerprint density at radius 3 is 2.67 bits per heavy atom. The minimum atomic E-state index is -0.201. The highest BCUT2D eigenvalue weighted by Gasteiger charge is 2.21. The highest BCUT2D eigenvalue weighted by atomic mass is 35.5. The fraction of sp³-hybridized carbons (Fsp3) is 0.467. The Labute approximate surface area is 154 Å². The molecule has 128 valence electrons. The molecule has 0 radical (unpaired) electrons. The van der Waals surface area contributed by atoms with Gasteiger partial charge in [-0.2, -0.15) is 0 Å². The van der Waals surface area contributed by atoms with Crippen molar-refractivity contribution >= 4 is 46.6 Å². The quantitative estimate of drug-likeness (QED) is 0.779. The number of rotatable bonds is 5. The van der Waals surface area contributed by atoms with Crippen LogP contribution in [0.5, 0.6) is 0 Å². The summed E-state index contributed by atoms with van der Waals surface area (Å²) in [5.74, 6) is -0.0116. The van der Waals surface area contributed by atoms with Crippen molar-refractivity contribution in [3.8, 4) is 0 Å². The normalized spacial score (nSPS) is 15.4. The second-order valence-electron chi connectivity index (χ2n) is 5.63. The van der Waals surface area contributed by atoms with E-state index in [0.717, 1.165) is 12.8 Å². The molecule has 1 aliphatic carbocycles. The number of hydrogen-bond acceptors (Lipinski definition) is 5. The lowest BCUT2D eigenvalue weighted by atomic mass is 9.96. The lowest BCUT2D eigenvalue weighted by Crippen LogP contribution is -2.17. The van der Waals surface area contributed by atoms with Gasteiger partial charge in [0.2, 0.25) is 11.1 Å². The molecule has 3 rings (SSSR count). The van der Waals surface area contributed by atoms with E-state index in [0.29, 0.717) is 26.9 Å². The SMILES string of the molecule is O=C(CSc1nnnn1C1CCCCC1)Nc1c(Cl)cccc1Cl. The molecule has 1 heterocycles. The lowest BCUT2D eigenvalue weighted by molar-refractivity contribution is -0.113. The van der Waals surface area contributed by atoms with E-state index in [1.165, 1.54) is 31.0 Å². The topological polar surface area (TPSA) is 72.7 Å². The first-order valence-electron chi connectivity index (χ1n) is 7.79. The number of carbonyl (C=O) groups excluding carboxylic acids is 1. The van der Waals surface area contributed by atoms with Crippen LogP contribution in [-0.2, 0) is 4.79 Å². The highest BCUT2D eigenvalue weighted by Crippen LogP contribution is 2.31. The Morgan fingerprint density at radius 1 is 1.25 bits per heavy atom. The maximum absolute atomic E-state index is 12.2. The molecule has 0 aliphatic heterocycles. The number of halogens is 2. The zero-order chi connectivity index (χ0) is 16.9. The standard InChI is InChI=1S/C15H17Cl2N5OS/c16-11-7-4-8-12(17)14(11)18-13(23)9-24-15-19-20-21-22(15)10-5-2-1-3-6-10/h4,7-8,10H,1-3,5-6,9H2,(H,18,23). The Bertz CT molecular complexity index is 697. The van der Waals surface area contributed by atoms with Gasteiger partial charge in [0.25, 0.3) is 0 Å². The summed E-state index contributed by atoms with van der Waals surface area (Å²) < 4.78 is 1.85. The zero-order valence-corrected chi connectivity index (χ0v) is 15.2. The number of aromatic nitrogens is 4. The maximum Gasteiger partial charge on any atom is 0.234 e. The van der Waals surface area contributed by atoms with Gasteiger partial charge in [0.1, 0.15) is 0 Å². The van der Waals surface area contributed by atoms with Gasteiger partial charge in [-0.25, -0.2) is 4.68 Å². The Morgan fingerprint density at radius 2 is 1.96 bits per heavy atom. The minimum absolute atomic E-state index is 0.189. The van der Waals surface area contributed by atoms with E-state index in [-0.39, 0.29) is 11.7 Å². The van der Waals surface area contributed by atoms with Gasteiger partial charge >= 0.3 is 0 Å². The Balaban J connectivity index is 1.60. The van der Waals surface area contributed by atoms with Gasteiger partial charge in [0, 0.05) is 0 Å². The average Bonchev–Trinajstić information content (AvgIpc) is 3.06. The van der Waals surface area contributed by atoms with Crippen molar-refractivity contribution in [2.45, 2.75) is 43.3 Å². The molecule has 1 N–H and O–H groups in total. The molecule has 0 atom stereocenters. The molecular weight excluding hydrogens is 369 g/mol. The summed E-state index contributed by atoms with van der Waals surface area (Å²) in [6, 6.07) is 5.42. The molecule has 1 aliphatic rings. The summed E-state index contributed by atoms with van der Waals surface area (Å²) in [6.45, 7) is 0. The van der Waals surface area contributed by atoms with Crippen molar-refractivity contribution < 1.29 is 4.79 Å². The summed E-state index contributed by atoms with van der Waals surface area (Å²) in [7, 11) is 0. The number of amides is 1. The summed E-state index contributed by atoms with van der Waals surface area (Å²) in [6.07, 6.45) is 5.82. The second-order valence-corrected chi connectivity index (χ2v) is 7.39. The number of para-hydroxylation sites is 1. The number of tetrazole rings is 1. The Hall–Kier alpha value is -1.31. The summed E-state index contributed by atoms with van der Waals surface area (Å²) in [4.78, 5) is 12.2. The van der Waals surface area contributed by atoms with Crippen LogP contribution in [0.1, 0.15) is 38.1 Å². The van der Waals surface area contributed by atoms with E-state index in [1.54, 1.807) is 18.2 Å². The molecule has 0 bridgehead atoms. The molecule has 6 nitrogen and oxygen atoms in total. The van der Waals surface area contributed by atoms with Gasteiger partial charge in [0.05, 0.1) is 27.5 Å². The van der Waals surface area contributed by atoms with Crippen LogP contribution >= 0.6 is 35.0 Å². The molecule has 0 unspecified atom stereocenters. The molecule has 0 saturated heterocycles. The van der Waals surface area contributed by atoms with Crippen LogP contribution in [0.4, 0.5) is 5.69 Å². The van der Waals surface area contributed by atoms with Gasteiger partial charge in [-0.15, -0.1) is 5.10 Å². The van der Waals surface area contributed by atoms with Crippen LogP contribution in [0.15, 0.2) is 23.4 Å². The number of thioether (sulfide) groups is 1. The fourth-order valence-electron chi connectivity index (χ4n) is 2.76. The van der Waals surface area contributed by atoms with Gasteiger partial charge in [-0.05, 0) is 35.4 Å². The zero-order valence-electron chi connectivity index (χ0n) is 12.9. The molecule has 9 heteroatoms. The first-order valence-corrected chi connectivity index (χ1v) is 9.54. The van der Waals surface area contributed by atoms with E-state index in [2.05, 4.69) is 20.8 Å². The number of nitrogens with one attached hydrogen (secondary N) is 1. The Kier molecular flexibility index (Phi) is 5.97. The van der Waals surface area contributed by atoms with Crippen LogP contribution in [0, 0.1) is 0 Å². The molecule has 1 saturated carbocycles. The van der Waals surface area contributed by atoms with E-state index in [1.807, 2.05) is 4.68 Å². The number of anilines is 1. The summed E-state index contributed by atoms with van der Waals surface area (Å²) in [5.41, 5.74) is 0.429. The van der Waals surface area contributed by atoms with Crippen molar-refractivity contribution in [1.82, 2.24) is 20.2 Å². The molecule has 1 amide bonds. The first-order chi connectivity index (χ1) is 11.6. The molecular formula is C15H17Cl2N5OS. The number of benzene rings is 1.